The van der Waals surface area contributed by atoms with E-state index in [4.69, 9.17) is 9.52 Å². The summed E-state index contributed by atoms with van der Waals surface area (Å²) in [7, 11) is 0. The molecule has 0 saturated heterocycles. The predicted molar refractivity (Wildman–Crippen MR) is 54.8 cm³/mol. The van der Waals surface area contributed by atoms with E-state index in [-0.39, 0.29) is 12.4 Å². The number of alkyl halides is 3. The van der Waals surface area contributed by atoms with Crippen LogP contribution in [-0.2, 0) is 17.8 Å². The predicted octanol–water partition coefficient (Wildman–Crippen LogP) is 1.59. The number of nitrogens with zero attached hydrogens (tertiary/aromatic N) is 1. The minimum absolute atomic E-state index is 0.0418. The number of hydrogen-bond acceptors (Lipinski definition) is 4. The number of aromatic nitrogens is 1. The van der Waals surface area contributed by atoms with Crippen molar-refractivity contribution in [2.75, 3.05) is 6.54 Å². The molecule has 1 aromatic rings. The zero-order valence-corrected chi connectivity index (χ0v) is 9.62. The maximum atomic E-state index is 12.3. The van der Waals surface area contributed by atoms with Gasteiger partial charge in [-0.2, -0.15) is 13.2 Å². The van der Waals surface area contributed by atoms with Crippen molar-refractivity contribution in [3.8, 4) is 0 Å². The molecule has 1 aromatic heterocycles. The molecule has 5 nitrogen and oxygen atoms in total. The number of hydrogen-bond donors (Lipinski definition) is 2. The van der Waals surface area contributed by atoms with E-state index < -0.39 is 24.6 Å². The van der Waals surface area contributed by atoms with Crippen LogP contribution in [0, 0.1) is 5.92 Å². The summed E-state index contributed by atoms with van der Waals surface area (Å²) in [6.45, 7) is 1.09. The number of carboxylic acids is 1. The van der Waals surface area contributed by atoms with Gasteiger partial charge >= 0.3 is 12.1 Å². The molecule has 1 atom stereocenters. The van der Waals surface area contributed by atoms with E-state index in [9.17, 15) is 18.0 Å². The molecule has 0 aliphatic rings. The molecule has 2 N–H and O–H groups in total. The van der Waals surface area contributed by atoms with Gasteiger partial charge in [-0.25, -0.2) is 4.98 Å². The summed E-state index contributed by atoms with van der Waals surface area (Å²) in [6, 6.07) is 0. The van der Waals surface area contributed by atoms with E-state index in [1.165, 1.54) is 6.20 Å². The number of oxazole rings is 1. The molecule has 0 aliphatic heterocycles. The highest BCUT2D eigenvalue weighted by atomic mass is 19.4. The maximum Gasteiger partial charge on any atom is 0.403 e. The molecule has 0 aliphatic carbocycles. The Morgan fingerprint density at radius 3 is 2.72 bits per heavy atom. The lowest BCUT2D eigenvalue weighted by atomic mass is 10.1. The highest BCUT2D eigenvalue weighted by Gasteiger charge is 2.44. The minimum Gasteiger partial charge on any atom is -0.481 e. The molecule has 0 spiro atoms. The van der Waals surface area contributed by atoms with Crippen LogP contribution in [-0.4, -0.2) is 28.8 Å². The van der Waals surface area contributed by atoms with Crippen molar-refractivity contribution in [3.63, 3.8) is 0 Å². The molecule has 8 heteroatoms. The molecule has 0 saturated carbocycles. The van der Waals surface area contributed by atoms with Gasteiger partial charge in [-0.3, -0.25) is 4.79 Å². The maximum absolute atomic E-state index is 12.3. The summed E-state index contributed by atoms with van der Waals surface area (Å²) in [6.07, 6.45) is -2.66. The fourth-order valence-corrected chi connectivity index (χ4v) is 1.26. The van der Waals surface area contributed by atoms with Crippen LogP contribution in [0.25, 0.3) is 0 Å². The molecule has 0 bridgehead atoms. The average Bonchev–Trinajstić information content (AvgIpc) is 2.69. The smallest absolute Gasteiger partial charge is 0.403 e. The summed E-state index contributed by atoms with van der Waals surface area (Å²) >= 11 is 0. The van der Waals surface area contributed by atoms with Gasteiger partial charge < -0.3 is 14.8 Å². The summed E-state index contributed by atoms with van der Waals surface area (Å²) in [4.78, 5) is 14.3. The van der Waals surface area contributed by atoms with E-state index in [1.54, 1.807) is 0 Å². The first-order valence-electron chi connectivity index (χ1n) is 5.28. The third-order valence-electron chi connectivity index (χ3n) is 2.27. The Morgan fingerprint density at radius 2 is 2.28 bits per heavy atom. The van der Waals surface area contributed by atoms with E-state index in [0.717, 1.165) is 0 Å². The molecule has 1 unspecified atom stereocenters. The Bertz CT molecular complexity index is 403. The molecule has 0 radical (unpaired) electrons. The molecule has 0 aromatic carbocycles. The topological polar surface area (TPSA) is 75.4 Å². The third kappa shape index (κ3) is 4.02. The molecule has 1 heterocycles. The highest BCUT2D eigenvalue weighted by Crippen LogP contribution is 2.25. The first-order chi connectivity index (χ1) is 8.34. The van der Waals surface area contributed by atoms with Crippen molar-refractivity contribution in [3.05, 3.63) is 17.8 Å². The molecular weight excluding hydrogens is 253 g/mol. The molecular formula is C10H13F3N2O3. The number of nitrogens with one attached hydrogen (secondary N) is 1. The van der Waals surface area contributed by atoms with Crippen LogP contribution in [0.5, 0.6) is 0 Å². The molecule has 18 heavy (non-hydrogen) atoms. The Labute approximate surface area is 101 Å². The normalized spacial score (nSPS) is 13.6. The van der Waals surface area contributed by atoms with Crippen LogP contribution in [0.2, 0.25) is 0 Å². The second kappa shape index (κ2) is 5.85. The van der Waals surface area contributed by atoms with Crippen LogP contribution in [0.3, 0.4) is 0 Å². The van der Waals surface area contributed by atoms with Crippen LogP contribution >= 0.6 is 0 Å². The second-order valence-electron chi connectivity index (χ2n) is 3.64. The van der Waals surface area contributed by atoms with Gasteiger partial charge in [0.25, 0.3) is 0 Å². The number of halogens is 3. The second-order valence-corrected chi connectivity index (χ2v) is 3.64. The van der Waals surface area contributed by atoms with E-state index >= 15 is 0 Å². The standard InChI is InChI=1S/C10H13F3N2O3/c1-2-6-3-15-8(18-6)5-14-4-7(9(16)17)10(11,12)13/h3,7,14H,2,4-5H2,1H3,(H,16,17). The van der Waals surface area contributed by atoms with Crippen LogP contribution in [0.15, 0.2) is 10.6 Å². The average molecular weight is 266 g/mol. The van der Waals surface area contributed by atoms with Crippen molar-refractivity contribution < 1.29 is 27.5 Å². The SMILES string of the molecule is CCc1cnc(CNCC(C(=O)O)C(F)(F)F)o1. The van der Waals surface area contributed by atoms with Gasteiger partial charge in [0.2, 0.25) is 5.89 Å². The summed E-state index contributed by atoms with van der Waals surface area (Å²) < 4.78 is 42.0. The number of rotatable bonds is 6. The van der Waals surface area contributed by atoms with E-state index in [1.807, 2.05) is 6.92 Å². The summed E-state index contributed by atoms with van der Waals surface area (Å²) in [5, 5.41) is 10.8. The van der Waals surface area contributed by atoms with Crippen molar-refractivity contribution in [1.82, 2.24) is 10.3 Å². The van der Waals surface area contributed by atoms with Gasteiger partial charge in [0, 0.05) is 13.0 Å². The van der Waals surface area contributed by atoms with Crippen LogP contribution < -0.4 is 5.32 Å². The lowest BCUT2D eigenvalue weighted by Gasteiger charge is -2.15. The molecule has 1 rings (SSSR count). The fourth-order valence-electron chi connectivity index (χ4n) is 1.26. The van der Waals surface area contributed by atoms with Gasteiger partial charge in [0.1, 0.15) is 5.76 Å². The minimum atomic E-state index is -4.77. The van der Waals surface area contributed by atoms with E-state index in [2.05, 4.69) is 10.3 Å². The molecule has 0 fully saturated rings. The Kier molecular flexibility index (Phi) is 4.71. The van der Waals surface area contributed by atoms with Crippen molar-refractivity contribution in [2.45, 2.75) is 26.1 Å². The number of aryl methyl sites for hydroxylation is 1. The zero-order chi connectivity index (χ0) is 13.8. The third-order valence-corrected chi connectivity index (χ3v) is 2.27. The Morgan fingerprint density at radius 1 is 1.61 bits per heavy atom. The Hall–Kier alpha value is -1.57. The monoisotopic (exact) mass is 266 g/mol. The molecule has 0 amide bonds. The van der Waals surface area contributed by atoms with Crippen molar-refractivity contribution in [2.24, 2.45) is 5.92 Å². The van der Waals surface area contributed by atoms with Crippen molar-refractivity contribution in [1.29, 1.82) is 0 Å². The van der Waals surface area contributed by atoms with Gasteiger partial charge in [-0.15, -0.1) is 0 Å². The summed E-state index contributed by atoms with van der Waals surface area (Å²) in [5.41, 5.74) is 0. The van der Waals surface area contributed by atoms with Gasteiger partial charge in [-0.05, 0) is 0 Å². The number of carbonyl (C=O) groups is 1. The van der Waals surface area contributed by atoms with Gasteiger partial charge in [0.05, 0.1) is 12.7 Å². The van der Waals surface area contributed by atoms with Crippen LogP contribution in [0.4, 0.5) is 13.2 Å². The number of carboxylic acid groups (broad SMARTS) is 1. The quantitative estimate of drug-likeness (QED) is 0.817. The zero-order valence-electron chi connectivity index (χ0n) is 9.62. The highest BCUT2D eigenvalue weighted by molar-refractivity contribution is 5.71. The fraction of sp³-hybridized carbons (Fsp3) is 0.600. The largest absolute Gasteiger partial charge is 0.481 e. The lowest BCUT2D eigenvalue weighted by Crippen LogP contribution is -2.38. The first kappa shape index (κ1) is 14.5. The Balaban J connectivity index is 2.46. The summed E-state index contributed by atoms with van der Waals surface area (Å²) in [5.74, 6) is -3.48. The van der Waals surface area contributed by atoms with Gasteiger partial charge in [0.15, 0.2) is 5.92 Å². The first-order valence-corrected chi connectivity index (χ1v) is 5.28. The van der Waals surface area contributed by atoms with Crippen molar-refractivity contribution >= 4 is 5.97 Å². The number of aliphatic carboxylic acids is 1. The van der Waals surface area contributed by atoms with Gasteiger partial charge in [-0.1, -0.05) is 6.92 Å². The van der Waals surface area contributed by atoms with E-state index in [0.29, 0.717) is 12.2 Å². The lowest BCUT2D eigenvalue weighted by molar-refractivity contribution is -0.192. The van der Waals surface area contributed by atoms with Crippen LogP contribution in [0.1, 0.15) is 18.6 Å². The molecule has 102 valence electrons.